The zero-order chi connectivity index (χ0) is 19.8. The van der Waals surface area contributed by atoms with E-state index in [4.69, 9.17) is 4.74 Å². The summed E-state index contributed by atoms with van der Waals surface area (Å²) in [5.74, 6) is 0.303. The van der Waals surface area contributed by atoms with Crippen molar-refractivity contribution in [3.63, 3.8) is 0 Å². The molecule has 4 aromatic rings. The minimum absolute atomic E-state index is 0.295. The van der Waals surface area contributed by atoms with Gasteiger partial charge in [0, 0.05) is 17.4 Å². The molecule has 0 unspecified atom stereocenters. The molecule has 0 spiro atoms. The van der Waals surface area contributed by atoms with Gasteiger partial charge in [0.1, 0.15) is 11.4 Å². The molecule has 0 atom stereocenters. The lowest BCUT2D eigenvalue weighted by Crippen LogP contribution is -2.09. The monoisotopic (exact) mass is 373 g/mol. The molecule has 3 aromatic carbocycles. The Hall–Kier alpha value is -3.27. The predicted molar refractivity (Wildman–Crippen MR) is 113 cm³/mol. The highest BCUT2D eigenvalue weighted by atomic mass is 16.5. The van der Waals surface area contributed by atoms with Crippen LogP contribution in [-0.2, 0) is 6.54 Å². The lowest BCUT2D eigenvalue weighted by atomic mass is 9.95. The average Bonchev–Trinajstić information content (AvgIpc) is 3.06. The first-order chi connectivity index (χ1) is 13.5. The van der Waals surface area contributed by atoms with Gasteiger partial charge in [-0.2, -0.15) is 0 Å². The molecule has 0 aliphatic rings. The van der Waals surface area contributed by atoms with Crippen LogP contribution in [0.3, 0.4) is 0 Å². The largest absolute Gasteiger partial charge is 0.496 e. The molecule has 4 heteroatoms. The Bertz CT molecular complexity index is 1190. The Morgan fingerprint density at radius 3 is 2.50 bits per heavy atom. The van der Waals surface area contributed by atoms with Crippen molar-refractivity contribution in [3.8, 4) is 5.75 Å². The fraction of sp³-hybridized carbons (Fsp3) is 0.208. The predicted octanol–water partition coefficient (Wildman–Crippen LogP) is 5.67. The van der Waals surface area contributed by atoms with Crippen LogP contribution >= 0.6 is 0 Å². The summed E-state index contributed by atoms with van der Waals surface area (Å²) in [6.07, 6.45) is 0. The molecular formula is C24H23NO3. The molecule has 0 fully saturated rings. The number of carboxylic acids is 1. The number of ether oxygens (including phenoxy) is 1. The second kappa shape index (κ2) is 7.04. The highest BCUT2D eigenvalue weighted by molar-refractivity contribution is 5.95. The normalized spacial score (nSPS) is 11.4. The van der Waals surface area contributed by atoms with Crippen molar-refractivity contribution in [3.05, 3.63) is 77.5 Å². The molecular weight excluding hydrogens is 350 g/mol. The number of fused-ring (bicyclic) bond motifs is 2. The number of aromatic nitrogens is 1. The highest BCUT2D eigenvalue weighted by Crippen LogP contribution is 2.33. The summed E-state index contributed by atoms with van der Waals surface area (Å²) in [6.45, 7) is 4.79. The van der Waals surface area contributed by atoms with Crippen molar-refractivity contribution < 1.29 is 14.6 Å². The van der Waals surface area contributed by atoms with Gasteiger partial charge in [0.05, 0.1) is 7.11 Å². The molecule has 1 N–H and O–H groups in total. The van der Waals surface area contributed by atoms with Crippen LogP contribution in [0.1, 0.15) is 41.4 Å². The van der Waals surface area contributed by atoms with E-state index >= 15 is 0 Å². The van der Waals surface area contributed by atoms with Gasteiger partial charge in [0.25, 0.3) is 0 Å². The van der Waals surface area contributed by atoms with Gasteiger partial charge in [-0.25, -0.2) is 4.79 Å². The number of nitrogens with zero attached hydrogens (tertiary/aromatic N) is 1. The smallest absolute Gasteiger partial charge is 0.352 e. The lowest BCUT2D eigenvalue weighted by molar-refractivity contribution is 0.0686. The van der Waals surface area contributed by atoms with E-state index in [2.05, 4.69) is 38.1 Å². The van der Waals surface area contributed by atoms with Crippen LogP contribution in [0.25, 0.3) is 21.7 Å². The molecule has 142 valence electrons. The van der Waals surface area contributed by atoms with Gasteiger partial charge in [-0.1, -0.05) is 50.2 Å². The van der Waals surface area contributed by atoms with Gasteiger partial charge >= 0.3 is 5.97 Å². The van der Waals surface area contributed by atoms with Crippen LogP contribution in [0, 0.1) is 0 Å². The fourth-order valence-corrected chi connectivity index (χ4v) is 3.88. The van der Waals surface area contributed by atoms with Crippen LogP contribution < -0.4 is 4.74 Å². The van der Waals surface area contributed by atoms with Crippen LogP contribution in [0.15, 0.2) is 60.7 Å². The number of rotatable bonds is 5. The van der Waals surface area contributed by atoms with E-state index in [-0.39, 0.29) is 0 Å². The first-order valence-corrected chi connectivity index (χ1v) is 9.40. The third kappa shape index (κ3) is 3.01. The molecule has 0 saturated carbocycles. The van der Waals surface area contributed by atoms with Gasteiger partial charge in [-0.05, 0) is 52.1 Å². The summed E-state index contributed by atoms with van der Waals surface area (Å²) in [7, 11) is 1.69. The lowest BCUT2D eigenvalue weighted by Gasteiger charge is -2.16. The van der Waals surface area contributed by atoms with E-state index in [1.807, 2.05) is 34.9 Å². The Morgan fingerprint density at radius 1 is 1.04 bits per heavy atom. The zero-order valence-corrected chi connectivity index (χ0v) is 16.3. The molecule has 0 saturated heterocycles. The third-order valence-corrected chi connectivity index (χ3v) is 5.30. The van der Waals surface area contributed by atoms with Crippen molar-refractivity contribution >= 4 is 27.6 Å². The van der Waals surface area contributed by atoms with Gasteiger partial charge < -0.3 is 14.4 Å². The number of hydrogen-bond acceptors (Lipinski definition) is 2. The van der Waals surface area contributed by atoms with Crippen molar-refractivity contribution in [2.45, 2.75) is 26.3 Å². The molecule has 28 heavy (non-hydrogen) atoms. The van der Waals surface area contributed by atoms with Crippen LogP contribution in [0.2, 0.25) is 0 Å². The van der Waals surface area contributed by atoms with Crippen molar-refractivity contribution in [1.29, 1.82) is 0 Å². The number of aromatic carboxylic acids is 1. The van der Waals surface area contributed by atoms with Crippen molar-refractivity contribution in [2.75, 3.05) is 7.11 Å². The van der Waals surface area contributed by atoms with E-state index in [0.717, 1.165) is 33.0 Å². The van der Waals surface area contributed by atoms with E-state index in [0.29, 0.717) is 18.2 Å². The SMILES string of the molecule is COc1cc2c(Cn3c(C(=O)O)cc4ccccc43)cccc2cc1C(C)C. The Labute approximate surface area is 164 Å². The second-order valence-electron chi connectivity index (χ2n) is 7.37. The maximum Gasteiger partial charge on any atom is 0.352 e. The molecule has 4 nitrogen and oxygen atoms in total. The Kier molecular flexibility index (Phi) is 4.55. The molecule has 0 amide bonds. The standard InChI is InChI=1S/C24H23NO3/c1-15(2)19-11-16-8-6-9-18(20(16)13-23(19)28-3)14-25-21-10-5-4-7-17(21)12-22(25)24(26)27/h4-13,15H,14H2,1-3H3,(H,26,27). The quantitative estimate of drug-likeness (QED) is 0.490. The summed E-state index contributed by atoms with van der Waals surface area (Å²) in [5.41, 5.74) is 3.45. The van der Waals surface area contributed by atoms with Crippen molar-refractivity contribution in [2.24, 2.45) is 0 Å². The molecule has 0 radical (unpaired) electrons. The topological polar surface area (TPSA) is 51.5 Å². The number of carbonyl (C=O) groups is 1. The average molecular weight is 373 g/mol. The van der Waals surface area contributed by atoms with E-state index in [9.17, 15) is 9.90 Å². The number of carboxylic acid groups (broad SMARTS) is 1. The summed E-state index contributed by atoms with van der Waals surface area (Å²) in [4.78, 5) is 11.8. The Balaban J connectivity index is 1.90. The van der Waals surface area contributed by atoms with Gasteiger partial charge in [-0.15, -0.1) is 0 Å². The molecule has 0 bridgehead atoms. The fourth-order valence-electron chi connectivity index (χ4n) is 3.88. The third-order valence-electron chi connectivity index (χ3n) is 5.30. The summed E-state index contributed by atoms with van der Waals surface area (Å²) in [5, 5.41) is 12.8. The number of benzene rings is 3. The first-order valence-electron chi connectivity index (χ1n) is 9.40. The van der Waals surface area contributed by atoms with Crippen LogP contribution in [-0.4, -0.2) is 22.8 Å². The van der Waals surface area contributed by atoms with Crippen LogP contribution in [0.4, 0.5) is 0 Å². The molecule has 1 heterocycles. The van der Waals surface area contributed by atoms with E-state index in [1.54, 1.807) is 13.2 Å². The maximum atomic E-state index is 11.8. The highest BCUT2D eigenvalue weighted by Gasteiger charge is 2.16. The maximum absolute atomic E-state index is 11.8. The second-order valence-corrected chi connectivity index (χ2v) is 7.37. The van der Waals surface area contributed by atoms with Gasteiger partial charge in [-0.3, -0.25) is 0 Å². The molecule has 0 aliphatic carbocycles. The zero-order valence-electron chi connectivity index (χ0n) is 16.3. The number of para-hydroxylation sites is 1. The molecule has 0 aliphatic heterocycles. The van der Waals surface area contributed by atoms with E-state index < -0.39 is 5.97 Å². The van der Waals surface area contributed by atoms with Gasteiger partial charge in [0.15, 0.2) is 0 Å². The van der Waals surface area contributed by atoms with Gasteiger partial charge in [0.2, 0.25) is 0 Å². The minimum Gasteiger partial charge on any atom is -0.496 e. The number of methoxy groups -OCH3 is 1. The summed E-state index contributed by atoms with van der Waals surface area (Å²) in [6, 6.07) is 19.9. The first kappa shape index (κ1) is 18.1. The van der Waals surface area contributed by atoms with Crippen LogP contribution in [0.5, 0.6) is 5.75 Å². The van der Waals surface area contributed by atoms with Crippen molar-refractivity contribution in [1.82, 2.24) is 4.57 Å². The van der Waals surface area contributed by atoms with E-state index in [1.165, 1.54) is 5.56 Å². The molecule has 4 rings (SSSR count). The summed E-state index contributed by atoms with van der Waals surface area (Å²) >= 11 is 0. The molecule has 1 aromatic heterocycles. The minimum atomic E-state index is -0.920. The number of hydrogen-bond donors (Lipinski definition) is 1. The summed E-state index contributed by atoms with van der Waals surface area (Å²) < 4.78 is 7.51. The Morgan fingerprint density at radius 2 is 1.79 bits per heavy atom.